The predicted molar refractivity (Wildman–Crippen MR) is 67.4 cm³/mol. The van der Waals surface area contributed by atoms with Gasteiger partial charge < -0.3 is 9.47 Å². The van der Waals surface area contributed by atoms with E-state index in [-0.39, 0.29) is 12.2 Å². The topological polar surface area (TPSA) is 18.5 Å². The molecule has 3 rings (SSSR count). The summed E-state index contributed by atoms with van der Waals surface area (Å²) in [4.78, 5) is 0. The van der Waals surface area contributed by atoms with Gasteiger partial charge in [0.05, 0.1) is 0 Å². The Labute approximate surface area is 102 Å². The van der Waals surface area contributed by atoms with Gasteiger partial charge in [-0.25, -0.2) is 0 Å². The van der Waals surface area contributed by atoms with Gasteiger partial charge in [0.2, 0.25) is 0 Å². The van der Waals surface area contributed by atoms with Crippen LogP contribution in [0.5, 0.6) is 0 Å². The second-order valence-corrected chi connectivity index (χ2v) is 4.89. The maximum absolute atomic E-state index is 5.98. The molecule has 88 valence electrons. The van der Waals surface area contributed by atoms with Gasteiger partial charge in [0.25, 0.3) is 0 Å². The number of hydrogen-bond donors (Lipinski definition) is 0. The fourth-order valence-corrected chi connectivity index (χ4v) is 2.43. The first-order valence-corrected chi connectivity index (χ1v) is 5.95. The quantitative estimate of drug-likeness (QED) is 0.735. The lowest BCUT2D eigenvalue weighted by molar-refractivity contribution is -0.138. The van der Waals surface area contributed by atoms with Gasteiger partial charge in [-0.1, -0.05) is 48.6 Å². The summed E-state index contributed by atoms with van der Waals surface area (Å²) in [5.74, 6) is -0.502. The molecule has 1 saturated heterocycles. The van der Waals surface area contributed by atoms with E-state index in [9.17, 15) is 0 Å². The zero-order chi connectivity index (χ0) is 11.9. The molecule has 0 amide bonds. The monoisotopic (exact) mass is 228 g/mol. The molecule has 1 aliphatic carbocycles. The zero-order valence-electron chi connectivity index (χ0n) is 10.1. The molecule has 0 unspecified atom stereocenters. The van der Waals surface area contributed by atoms with E-state index in [2.05, 4.69) is 24.3 Å². The molecule has 0 aromatic heterocycles. The molecule has 0 radical (unpaired) electrons. The predicted octanol–water partition coefficient (Wildman–Crippen LogP) is 3.16. The summed E-state index contributed by atoms with van der Waals surface area (Å²) in [7, 11) is 0. The minimum Gasteiger partial charge on any atom is -0.340 e. The lowest BCUT2D eigenvalue weighted by atomic mass is 9.93. The van der Waals surface area contributed by atoms with Gasteiger partial charge in [-0.3, -0.25) is 0 Å². The van der Waals surface area contributed by atoms with Crippen LogP contribution in [0, 0.1) is 0 Å². The van der Waals surface area contributed by atoms with Gasteiger partial charge in [-0.05, 0) is 25.0 Å². The summed E-state index contributed by atoms with van der Waals surface area (Å²) in [6.45, 7) is 3.92. The summed E-state index contributed by atoms with van der Waals surface area (Å²) in [5, 5.41) is 0. The molecule has 0 saturated carbocycles. The Kier molecular flexibility index (Phi) is 2.42. The Balaban J connectivity index is 1.96. The minimum atomic E-state index is -0.502. The van der Waals surface area contributed by atoms with Crippen molar-refractivity contribution >= 4 is 5.57 Å². The summed E-state index contributed by atoms with van der Waals surface area (Å²) in [6.07, 6.45) is 6.27. The fourth-order valence-electron chi connectivity index (χ4n) is 2.43. The van der Waals surface area contributed by atoms with Crippen LogP contribution in [0.1, 0.15) is 19.4 Å². The highest BCUT2D eigenvalue weighted by molar-refractivity contribution is 5.72. The van der Waals surface area contributed by atoms with E-state index >= 15 is 0 Å². The highest BCUT2D eigenvalue weighted by atomic mass is 16.7. The average molecular weight is 228 g/mol. The van der Waals surface area contributed by atoms with Gasteiger partial charge in [0.15, 0.2) is 5.79 Å². The van der Waals surface area contributed by atoms with Gasteiger partial charge >= 0.3 is 0 Å². The molecule has 0 spiro atoms. The molecule has 0 N–H and O–H groups in total. The van der Waals surface area contributed by atoms with Crippen LogP contribution in [0.25, 0.3) is 5.57 Å². The molecule has 17 heavy (non-hydrogen) atoms. The maximum Gasteiger partial charge on any atom is 0.164 e. The van der Waals surface area contributed by atoms with Crippen molar-refractivity contribution in [1.82, 2.24) is 0 Å². The van der Waals surface area contributed by atoms with Crippen molar-refractivity contribution < 1.29 is 9.47 Å². The standard InChI is InChI=1S/C15H16O2/c1-15(2)16-13-10-6-9-12(14(13)17-15)11-7-4-3-5-8-11/h3-10,13-14H,1-2H3/t13-,14+/m0/s1. The normalized spacial score (nSPS) is 29.9. The van der Waals surface area contributed by atoms with E-state index in [1.54, 1.807) is 0 Å². The Morgan fingerprint density at radius 2 is 1.82 bits per heavy atom. The van der Waals surface area contributed by atoms with Crippen LogP contribution in [-0.2, 0) is 9.47 Å². The molecule has 1 fully saturated rings. The van der Waals surface area contributed by atoms with Crippen molar-refractivity contribution in [2.24, 2.45) is 0 Å². The minimum absolute atomic E-state index is 0.0115. The number of allylic oxidation sites excluding steroid dienone is 2. The molecule has 1 heterocycles. The van der Waals surface area contributed by atoms with E-state index in [0.717, 1.165) is 0 Å². The van der Waals surface area contributed by atoms with E-state index < -0.39 is 5.79 Å². The third-order valence-electron chi connectivity index (χ3n) is 3.12. The van der Waals surface area contributed by atoms with Crippen LogP contribution < -0.4 is 0 Å². The first-order chi connectivity index (χ1) is 8.16. The number of rotatable bonds is 1. The fraction of sp³-hybridized carbons (Fsp3) is 0.333. The van der Waals surface area contributed by atoms with Gasteiger partial charge in [0.1, 0.15) is 12.2 Å². The van der Waals surface area contributed by atoms with Crippen LogP contribution in [0.3, 0.4) is 0 Å². The molecule has 2 nitrogen and oxygen atoms in total. The van der Waals surface area contributed by atoms with Crippen molar-refractivity contribution in [2.45, 2.75) is 31.8 Å². The van der Waals surface area contributed by atoms with Gasteiger partial charge in [0, 0.05) is 0 Å². The maximum atomic E-state index is 5.98. The Bertz CT molecular complexity index is 471. The Hall–Kier alpha value is -1.38. The summed E-state index contributed by atoms with van der Waals surface area (Å²) >= 11 is 0. The average Bonchev–Trinajstić information content (AvgIpc) is 2.63. The number of hydrogen-bond acceptors (Lipinski definition) is 2. The van der Waals surface area contributed by atoms with Crippen LogP contribution in [0.2, 0.25) is 0 Å². The second kappa shape index (κ2) is 3.83. The summed E-state index contributed by atoms with van der Waals surface area (Å²) < 4.78 is 11.8. The van der Waals surface area contributed by atoms with E-state index in [1.165, 1.54) is 11.1 Å². The van der Waals surface area contributed by atoms with Crippen molar-refractivity contribution in [3.63, 3.8) is 0 Å². The molecule has 2 aliphatic rings. The van der Waals surface area contributed by atoms with Crippen molar-refractivity contribution in [2.75, 3.05) is 0 Å². The smallest absolute Gasteiger partial charge is 0.164 e. The van der Waals surface area contributed by atoms with Crippen LogP contribution >= 0.6 is 0 Å². The molecule has 2 heteroatoms. The van der Waals surface area contributed by atoms with E-state index in [4.69, 9.17) is 9.47 Å². The molecular weight excluding hydrogens is 212 g/mol. The zero-order valence-corrected chi connectivity index (χ0v) is 10.1. The SMILES string of the molecule is CC1(C)O[C@H]2C=CC=C(c3ccccc3)[C@H]2O1. The van der Waals surface area contributed by atoms with Crippen LogP contribution in [-0.4, -0.2) is 18.0 Å². The Morgan fingerprint density at radius 1 is 1.06 bits per heavy atom. The van der Waals surface area contributed by atoms with Crippen molar-refractivity contribution in [3.05, 3.63) is 54.1 Å². The third-order valence-corrected chi connectivity index (χ3v) is 3.12. The van der Waals surface area contributed by atoms with Crippen LogP contribution in [0.15, 0.2) is 48.6 Å². The molecular formula is C15H16O2. The van der Waals surface area contributed by atoms with Gasteiger partial charge in [-0.15, -0.1) is 0 Å². The molecule has 2 atom stereocenters. The third kappa shape index (κ3) is 1.94. The van der Waals surface area contributed by atoms with Crippen LogP contribution in [0.4, 0.5) is 0 Å². The second-order valence-electron chi connectivity index (χ2n) is 4.89. The largest absolute Gasteiger partial charge is 0.340 e. The van der Waals surface area contributed by atoms with Crippen molar-refractivity contribution in [1.29, 1.82) is 0 Å². The van der Waals surface area contributed by atoms with Crippen molar-refractivity contribution in [3.8, 4) is 0 Å². The van der Waals surface area contributed by atoms with E-state index in [0.29, 0.717) is 0 Å². The molecule has 1 aromatic rings. The summed E-state index contributed by atoms with van der Waals surface area (Å²) in [5.41, 5.74) is 2.40. The first kappa shape index (κ1) is 10.8. The van der Waals surface area contributed by atoms with E-state index in [1.807, 2.05) is 38.1 Å². The highest BCUT2D eigenvalue weighted by Gasteiger charge is 2.42. The Morgan fingerprint density at radius 3 is 2.59 bits per heavy atom. The number of benzene rings is 1. The molecule has 0 bridgehead atoms. The van der Waals surface area contributed by atoms with Gasteiger partial charge in [-0.2, -0.15) is 0 Å². The highest BCUT2D eigenvalue weighted by Crippen LogP contribution is 2.38. The lowest BCUT2D eigenvalue weighted by Gasteiger charge is -2.21. The number of fused-ring (bicyclic) bond motifs is 1. The first-order valence-electron chi connectivity index (χ1n) is 5.95. The lowest BCUT2D eigenvalue weighted by Crippen LogP contribution is -2.24. The summed E-state index contributed by atoms with van der Waals surface area (Å²) in [6, 6.07) is 10.3. The number of ether oxygens (including phenoxy) is 2. The molecule has 1 aliphatic heterocycles. The molecule has 1 aromatic carbocycles.